The highest BCUT2D eigenvalue weighted by Gasteiger charge is 2.04. The van der Waals surface area contributed by atoms with Crippen LogP contribution in [0.2, 0.25) is 0 Å². The molecule has 3 aromatic rings. The summed E-state index contributed by atoms with van der Waals surface area (Å²) in [6, 6.07) is 16.4. The van der Waals surface area contributed by atoms with Crippen LogP contribution < -0.4 is 4.74 Å². The van der Waals surface area contributed by atoms with E-state index in [-0.39, 0.29) is 0 Å². The number of aromatic nitrogens is 1. The minimum Gasteiger partial charge on any atom is -0.489 e. The Morgan fingerprint density at radius 2 is 1.95 bits per heavy atom. The second kappa shape index (κ2) is 5.66. The lowest BCUT2D eigenvalue weighted by atomic mass is 10.1. The van der Waals surface area contributed by atoms with Gasteiger partial charge in [0.25, 0.3) is 0 Å². The van der Waals surface area contributed by atoms with E-state index in [1.165, 1.54) is 16.5 Å². The highest BCUT2D eigenvalue weighted by Crippen LogP contribution is 2.24. The zero-order valence-corrected chi connectivity index (χ0v) is 11.3. The molecule has 2 nitrogen and oxygen atoms in total. The molecule has 0 radical (unpaired) electrons. The normalized spacial score (nSPS) is 10.6. The minimum absolute atomic E-state index is 0.590. The van der Waals surface area contributed by atoms with Gasteiger partial charge in [0.1, 0.15) is 12.4 Å². The molecule has 20 heavy (non-hydrogen) atoms. The maximum Gasteiger partial charge on any atom is 0.121 e. The van der Waals surface area contributed by atoms with Crippen LogP contribution in [0.25, 0.3) is 10.9 Å². The molecule has 0 aliphatic carbocycles. The number of nitrogens with one attached hydrogen (secondary N) is 1. The van der Waals surface area contributed by atoms with Crippen molar-refractivity contribution < 1.29 is 4.74 Å². The number of fused-ring (bicyclic) bond motifs is 1. The van der Waals surface area contributed by atoms with Crippen LogP contribution in [-0.4, -0.2) is 4.98 Å². The minimum atomic E-state index is 0.590. The first-order valence-corrected chi connectivity index (χ1v) is 6.74. The van der Waals surface area contributed by atoms with Gasteiger partial charge in [-0.3, -0.25) is 0 Å². The molecular formula is C18H17NO. The molecule has 0 fully saturated rings. The SMILES string of the molecule is C=CCc1c[nH]c2cc(OCc3ccccc3)ccc12. The van der Waals surface area contributed by atoms with Crippen LogP contribution >= 0.6 is 0 Å². The summed E-state index contributed by atoms with van der Waals surface area (Å²) in [5, 5.41) is 1.23. The Balaban J connectivity index is 1.78. The summed E-state index contributed by atoms with van der Waals surface area (Å²) in [5.74, 6) is 0.883. The Hall–Kier alpha value is -2.48. The quantitative estimate of drug-likeness (QED) is 0.675. The van der Waals surface area contributed by atoms with E-state index in [2.05, 4.69) is 29.8 Å². The van der Waals surface area contributed by atoms with Crippen LogP contribution in [0.3, 0.4) is 0 Å². The second-order valence-corrected chi connectivity index (χ2v) is 4.79. The molecule has 100 valence electrons. The predicted molar refractivity (Wildman–Crippen MR) is 83.0 cm³/mol. The van der Waals surface area contributed by atoms with Crippen LogP contribution in [0, 0.1) is 0 Å². The van der Waals surface area contributed by atoms with Crippen LogP contribution in [-0.2, 0) is 13.0 Å². The van der Waals surface area contributed by atoms with Crippen LogP contribution in [0.1, 0.15) is 11.1 Å². The molecule has 3 rings (SSSR count). The third-order valence-corrected chi connectivity index (χ3v) is 3.35. The van der Waals surface area contributed by atoms with Crippen molar-refractivity contribution in [2.75, 3.05) is 0 Å². The Labute approximate surface area is 118 Å². The van der Waals surface area contributed by atoms with Crippen LogP contribution in [0.15, 0.2) is 67.4 Å². The number of hydrogen-bond acceptors (Lipinski definition) is 1. The van der Waals surface area contributed by atoms with E-state index in [1.54, 1.807) is 0 Å². The summed E-state index contributed by atoms with van der Waals surface area (Å²) in [6.45, 7) is 4.37. The molecule has 0 aliphatic heterocycles. The summed E-state index contributed by atoms with van der Waals surface area (Å²) in [7, 11) is 0. The van der Waals surface area contributed by atoms with Gasteiger partial charge < -0.3 is 9.72 Å². The number of benzene rings is 2. The molecule has 2 aromatic carbocycles. The lowest BCUT2D eigenvalue weighted by molar-refractivity contribution is 0.306. The lowest BCUT2D eigenvalue weighted by Gasteiger charge is -2.06. The van der Waals surface area contributed by atoms with E-state index in [1.807, 2.05) is 42.6 Å². The third kappa shape index (κ3) is 2.59. The van der Waals surface area contributed by atoms with Crippen molar-refractivity contribution in [2.24, 2.45) is 0 Å². The van der Waals surface area contributed by atoms with Gasteiger partial charge in [0.2, 0.25) is 0 Å². The van der Waals surface area contributed by atoms with E-state index in [0.717, 1.165) is 17.7 Å². The van der Waals surface area contributed by atoms with E-state index < -0.39 is 0 Å². The molecule has 0 bridgehead atoms. The number of aromatic amines is 1. The topological polar surface area (TPSA) is 25.0 Å². The zero-order chi connectivity index (χ0) is 13.8. The number of H-pyrrole nitrogens is 1. The maximum atomic E-state index is 5.83. The lowest BCUT2D eigenvalue weighted by Crippen LogP contribution is -1.94. The van der Waals surface area contributed by atoms with Crippen molar-refractivity contribution in [3.05, 3.63) is 78.5 Å². The largest absolute Gasteiger partial charge is 0.489 e. The van der Waals surface area contributed by atoms with Gasteiger partial charge in [0, 0.05) is 23.2 Å². The summed E-state index contributed by atoms with van der Waals surface area (Å²) in [4.78, 5) is 3.28. The van der Waals surface area contributed by atoms with E-state index in [4.69, 9.17) is 4.74 Å². The summed E-state index contributed by atoms with van der Waals surface area (Å²) >= 11 is 0. The Morgan fingerprint density at radius 3 is 2.75 bits per heavy atom. The molecule has 1 heterocycles. The molecule has 1 aromatic heterocycles. The molecular weight excluding hydrogens is 246 g/mol. The van der Waals surface area contributed by atoms with E-state index in [0.29, 0.717) is 6.61 Å². The standard InChI is InChI=1S/C18H17NO/c1-2-6-15-12-19-18-11-16(9-10-17(15)18)20-13-14-7-4-3-5-8-14/h2-5,7-12,19H,1,6,13H2. The predicted octanol–water partition coefficient (Wildman–Crippen LogP) is 4.48. The average Bonchev–Trinajstić information content (AvgIpc) is 2.89. The Morgan fingerprint density at radius 1 is 1.10 bits per heavy atom. The molecule has 1 N–H and O–H groups in total. The molecule has 0 aliphatic rings. The first kappa shape index (κ1) is 12.5. The van der Waals surface area contributed by atoms with Crippen molar-refractivity contribution in [3.63, 3.8) is 0 Å². The summed E-state index contributed by atoms with van der Waals surface area (Å²) in [6.07, 6.45) is 4.83. The van der Waals surface area contributed by atoms with Gasteiger partial charge in [0.05, 0.1) is 0 Å². The number of ether oxygens (including phenoxy) is 1. The molecule has 0 spiro atoms. The van der Waals surface area contributed by atoms with Crippen molar-refractivity contribution in [3.8, 4) is 5.75 Å². The molecule has 0 unspecified atom stereocenters. The third-order valence-electron chi connectivity index (χ3n) is 3.35. The van der Waals surface area contributed by atoms with Gasteiger partial charge >= 0.3 is 0 Å². The number of hydrogen-bond donors (Lipinski definition) is 1. The van der Waals surface area contributed by atoms with Gasteiger partial charge in [-0.05, 0) is 29.7 Å². The summed E-state index contributed by atoms with van der Waals surface area (Å²) < 4.78 is 5.83. The fraction of sp³-hybridized carbons (Fsp3) is 0.111. The fourth-order valence-corrected chi connectivity index (χ4v) is 2.32. The van der Waals surface area contributed by atoms with Crippen molar-refractivity contribution in [1.29, 1.82) is 0 Å². The monoisotopic (exact) mass is 263 g/mol. The Kier molecular flexibility index (Phi) is 3.55. The average molecular weight is 263 g/mol. The zero-order valence-electron chi connectivity index (χ0n) is 11.3. The Bertz CT molecular complexity index is 713. The molecule has 0 saturated carbocycles. The first-order chi connectivity index (χ1) is 9.86. The molecule has 2 heteroatoms. The highest BCUT2D eigenvalue weighted by atomic mass is 16.5. The van der Waals surface area contributed by atoms with Crippen LogP contribution in [0.4, 0.5) is 0 Å². The smallest absolute Gasteiger partial charge is 0.121 e. The molecule has 0 saturated heterocycles. The second-order valence-electron chi connectivity index (χ2n) is 4.79. The molecule has 0 amide bonds. The first-order valence-electron chi connectivity index (χ1n) is 6.74. The number of allylic oxidation sites excluding steroid dienone is 1. The molecule has 0 atom stereocenters. The maximum absolute atomic E-state index is 5.83. The van der Waals surface area contributed by atoms with Crippen molar-refractivity contribution in [1.82, 2.24) is 4.98 Å². The summed E-state index contributed by atoms with van der Waals surface area (Å²) in [5.41, 5.74) is 3.54. The van der Waals surface area contributed by atoms with Crippen LogP contribution in [0.5, 0.6) is 5.75 Å². The van der Waals surface area contributed by atoms with E-state index in [9.17, 15) is 0 Å². The van der Waals surface area contributed by atoms with E-state index >= 15 is 0 Å². The van der Waals surface area contributed by atoms with Gasteiger partial charge in [-0.15, -0.1) is 6.58 Å². The van der Waals surface area contributed by atoms with Crippen molar-refractivity contribution in [2.45, 2.75) is 13.0 Å². The van der Waals surface area contributed by atoms with Gasteiger partial charge in [0.15, 0.2) is 0 Å². The van der Waals surface area contributed by atoms with Gasteiger partial charge in [-0.25, -0.2) is 0 Å². The van der Waals surface area contributed by atoms with Gasteiger partial charge in [-0.1, -0.05) is 36.4 Å². The number of rotatable bonds is 5. The fourth-order valence-electron chi connectivity index (χ4n) is 2.32. The van der Waals surface area contributed by atoms with Crippen molar-refractivity contribution >= 4 is 10.9 Å². The highest BCUT2D eigenvalue weighted by molar-refractivity contribution is 5.84. The van der Waals surface area contributed by atoms with Gasteiger partial charge in [-0.2, -0.15) is 0 Å².